The van der Waals surface area contributed by atoms with Gasteiger partial charge in [0.15, 0.2) is 15.6 Å². The minimum absolute atomic E-state index is 0.0251. The van der Waals surface area contributed by atoms with Gasteiger partial charge in [0.05, 0.1) is 61.0 Å². The molecule has 0 saturated heterocycles. The number of hydrogen-bond donors (Lipinski definition) is 6. The van der Waals surface area contributed by atoms with E-state index in [4.69, 9.17) is 21.4 Å². The smallest absolute Gasteiger partial charge is 0.397 e. The van der Waals surface area contributed by atoms with E-state index in [2.05, 4.69) is 75.8 Å². The standard InChI is InChI=1S/C37H34ClN9O11S3/c1-47(2,3)28-13-8-25(9-14-28)40-36-42-35(38)43-37(44-36)41-27-12-17-30-23(20-27)21-31(59-58-57-50)32(33(30)48)46-45-26-6-4-22(5-7-26)34(49)39-24-10-15-29(16-11-24)60(51,52)19-18-56-61(53,54)55/h4-17,20-21H,18-19H2,1-3H3,(H5-,39,40,41,42,43,44,45,48,49,50,53,54,55)/p+1. The summed E-state index contributed by atoms with van der Waals surface area (Å²) in [6, 6.07) is 25.4. The van der Waals surface area contributed by atoms with Crippen molar-refractivity contribution in [2.24, 2.45) is 10.2 Å². The van der Waals surface area contributed by atoms with Crippen LogP contribution in [0.15, 0.2) is 117 Å². The zero-order valence-corrected chi connectivity index (χ0v) is 35.3. The number of anilines is 5. The van der Waals surface area contributed by atoms with Gasteiger partial charge in [0.25, 0.3) is 5.91 Å². The first-order chi connectivity index (χ1) is 28.9. The maximum atomic E-state index is 12.9. The number of nitrogens with one attached hydrogen (secondary N) is 3. The highest BCUT2D eigenvalue weighted by atomic mass is 35.5. The lowest BCUT2D eigenvalue weighted by atomic mass is 10.1. The van der Waals surface area contributed by atoms with Crippen molar-refractivity contribution >= 4 is 107 Å². The summed E-state index contributed by atoms with van der Waals surface area (Å²) in [6.07, 6.45) is 0. The molecule has 0 aliphatic rings. The van der Waals surface area contributed by atoms with Crippen LogP contribution in [-0.4, -0.2) is 86.1 Å². The van der Waals surface area contributed by atoms with E-state index in [1.165, 1.54) is 48.5 Å². The fourth-order valence-electron chi connectivity index (χ4n) is 5.46. The number of aromatic hydroxyl groups is 1. The third kappa shape index (κ3) is 12.1. The van der Waals surface area contributed by atoms with Crippen molar-refractivity contribution in [2.75, 3.05) is 49.5 Å². The Morgan fingerprint density at radius 3 is 2.07 bits per heavy atom. The van der Waals surface area contributed by atoms with Crippen LogP contribution in [0.3, 0.4) is 0 Å². The van der Waals surface area contributed by atoms with Crippen molar-refractivity contribution in [3.8, 4) is 5.75 Å². The summed E-state index contributed by atoms with van der Waals surface area (Å²) in [5.41, 5.74) is 3.13. The average molecular weight is 913 g/mol. The number of halogens is 1. The molecule has 6 N–H and O–H groups in total. The van der Waals surface area contributed by atoms with Crippen LogP contribution in [0.25, 0.3) is 10.8 Å². The summed E-state index contributed by atoms with van der Waals surface area (Å²) in [7, 11) is -2.54. The minimum atomic E-state index is -4.79. The maximum absolute atomic E-state index is 12.9. The van der Waals surface area contributed by atoms with Crippen molar-refractivity contribution < 1.29 is 50.1 Å². The lowest BCUT2D eigenvalue weighted by molar-refractivity contribution is -0.432. The average Bonchev–Trinajstić information content (AvgIpc) is 3.19. The molecule has 0 saturated carbocycles. The highest BCUT2D eigenvalue weighted by molar-refractivity contribution is 7.94. The first-order valence-electron chi connectivity index (χ1n) is 17.5. The number of aromatic nitrogens is 3. The molecule has 318 valence electrons. The number of hydrogen-bond acceptors (Lipinski definition) is 18. The van der Waals surface area contributed by atoms with Gasteiger partial charge in [0, 0.05) is 40.1 Å². The maximum Gasteiger partial charge on any atom is 0.397 e. The molecule has 0 spiro atoms. The zero-order valence-electron chi connectivity index (χ0n) is 32.0. The molecule has 0 aliphatic carbocycles. The first-order valence-corrected chi connectivity index (χ1v) is 21.6. The van der Waals surface area contributed by atoms with Gasteiger partial charge in [-0.05, 0) is 102 Å². The molecular weight excluding hydrogens is 878 g/mol. The molecule has 0 aliphatic heterocycles. The topological polar surface area (TPSA) is 273 Å². The predicted molar refractivity (Wildman–Crippen MR) is 228 cm³/mol. The summed E-state index contributed by atoms with van der Waals surface area (Å²) in [4.78, 5) is 25.7. The normalized spacial score (nSPS) is 12.2. The van der Waals surface area contributed by atoms with Crippen LogP contribution in [0.4, 0.5) is 46.0 Å². The molecule has 6 aromatic rings. The molecule has 24 heteroatoms. The molecule has 61 heavy (non-hydrogen) atoms. The van der Waals surface area contributed by atoms with Gasteiger partial charge in [-0.2, -0.15) is 28.5 Å². The Hall–Kier alpha value is -5.86. The SMILES string of the molecule is C[N+](C)(C)c1ccc(Nc2nc(Cl)nc(Nc3ccc4c(O)c(N=Nc5ccc(C(=O)Nc6ccc(S(=O)(=O)CCOS(=O)(=O)O)cc6)cc5)c(SOOO)cc4c3)n2)cc1. The number of nitrogens with zero attached hydrogens (tertiary/aromatic N) is 6. The number of phenols is 1. The molecule has 0 atom stereocenters. The first kappa shape index (κ1) is 44.7. The highest BCUT2D eigenvalue weighted by Gasteiger charge is 2.19. The fourth-order valence-corrected chi connectivity index (χ4v) is 7.60. The lowest BCUT2D eigenvalue weighted by Crippen LogP contribution is -2.34. The summed E-state index contributed by atoms with van der Waals surface area (Å²) in [5, 5.41) is 42.1. The quantitative estimate of drug-likeness (QED) is 0.0127. The second-order valence-electron chi connectivity index (χ2n) is 13.6. The van der Waals surface area contributed by atoms with Crippen LogP contribution >= 0.6 is 23.6 Å². The molecule has 1 heterocycles. The Bertz CT molecular complexity index is 2810. The minimum Gasteiger partial charge on any atom is -0.505 e. The van der Waals surface area contributed by atoms with Crippen LogP contribution in [0.5, 0.6) is 5.75 Å². The molecular formula is C37H35ClN9O11S3+. The van der Waals surface area contributed by atoms with Crippen molar-refractivity contribution in [3.63, 3.8) is 0 Å². The van der Waals surface area contributed by atoms with E-state index >= 15 is 0 Å². The molecule has 0 unspecified atom stereocenters. The zero-order chi connectivity index (χ0) is 44.0. The number of amides is 1. The van der Waals surface area contributed by atoms with Gasteiger partial charge < -0.3 is 21.1 Å². The summed E-state index contributed by atoms with van der Waals surface area (Å²) >= 11 is 6.78. The van der Waals surface area contributed by atoms with E-state index in [1.807, 2.05) is 24.3 Å². The van der Waals surface area contributed by atoms with Gasteiger partial charge in [-0.3, -0.25) is 13.8 Å². The van der Waals surface area contributed by atoms with Gasteiger partial charge in [0.1, 0.15) is 11.4 Å². The summed E-state index contributed by atoms with van der Waals surface area (Å²) in [6.45, 7) is -0.777. The van der Waals surface area contributed by atoms with Gasteiger partial charge >= 0.3 is 10.4 Å². The monoisotopic (exact) mass is 912 g/mol. The van der Waals surface area contributed by atoms with E-state index in [9.17, 15) is 26.7 Å². The van der Waals surface area contributed by atoms with Gasteiger partial charge in [0.2, 0.25) is 17.2 Å². The second kappa shape index (κ2) is 18.8. The van der Waals surface area contributed by atoms with Crippen LogP contribution < -0.4 is 20.4 Å². The summed E-state index contributed by atoms with van der Waals surface area (Å²) in [5.74, 6) is -1.16. The number of sulfone groups is 1. The Morgan fingerprint density at radius 2 is 1.44 bits per heavy atom. The van der Waals surface area contributed by atoms with E-state index < -0.39 is 38.5 Å². The Labute approximate surface area is 357 Å². The number of quaternary nitrogens is 1. The Kier molecular flexibility index (Phi) is 13.8. The molecule has 20 nitrogen and oxygen atoms in total. The van der Waals surface area contributed by atoms with Crippen molar-refractivity contribution in [3.05, 3.63) is 108 Å². The number of rotatable bonds is 17. The second-order valence-corrected chi connectivity index (χ2v) is 17.9. The molecule has 0 radical (unpaired) electrons. The fraction of sp³-hybridized carbons (Fsp3) is 0.135. The Balaban J connectivity index is 1.14. The molecule has 6 rings (SSSR count). The van der Waals surface area contributed by atoms with Gasteiger partial charge in [-0.25, -0.2) is 17.9 Å². The largest absolute Gasteiger partial charge is 0.505 e. The number of carbonyl (C=O) groups is 1. The van der Waals surface area contributed by atoms with E-state index in [-0.39, 0.29) is 49.7 Å². The van der Waals surface area contributed by atoms with E-state index in [1.54, 1.807) is 24.3 Å². The van der Waals surface area contributed by atoms with Crippen molar-refractivity contribution in [1.29, 1.82) is 0 Å². The third-order valence-electron chi connectivity index (χ3n) is 8.42. The van der Waals surface area contributed by atoms with E-state index in [0.29, 0.717) is 38.7 Å². The van der Waals surface area contributed by atoms with Crippen LogP contribution in [-0.2, 0) is 33.8 Å². The number of phenolic OH excluding ortho intramolecular Hbond substituents is 1. The van der Waals surface area contributed by atoms with Crippen LogP contribution in [0, 0.1) is 0 Å². The predicted octanol–water partition coefficient (Wildman–Crippen LogP) is 7.76. The van der Waals surface area contributed by atoms with Gasteiger partial charge in [-0.1, -0.05) is 5.04 Å². The number of benzene rings is 5. The number of azo groups is 1. The molecule has 5 aromatic carbocycles. The van der Waals surface area contributed by atoms with Crippen molar-refractivity contribution in [2.45, 2.75) is 9.79 Å². The summed E-state index contributed by atoms with van der Waals surface area (Å²) < 4.78 is 64.3. The molecule has 1 aromatic heterocycles. The van der Waals surface area contributed by atoms with Crippen molar-refractivity contribution in [1.82, 2.24) is 19.4 Å². The third-order valence-corrected chi connectivity index (χ3v) is 11.4. The highest BCUT2D eigenvalue weighted by Crippen LogP contribution is 2.44. The molecule has 0 bridgehead atoms. The molecule has 0 fully saturated rings. The Morgan fingerprint density at radius 1 is 0.820 bits per heavy atom. The number of carbonyl (C=O) groups excluding carboxylic acids is 1. The van der Waals surface area contributed by atoms with Crippen LogP contribution in [0.2, 0.25) is 5.28 Å². The van der Waals surface area contributed by atoms with Crippen LogP contribution in [0.1, 0.15) is 10.4 Å². The molecule has 1 amide bonds. The van der Waals surface area contributed by atoms with E-state index in [0.717, 1.165) is 11.4 Å². The lowest BCUT2D eigenvalue weighted by Gasteiger charge is -2.23. The van der Waals surface area contributed by atoms with Gasteiger partial charge in [-0.15, -0.1) is 9.45 Å². The number of fused-ring (bicyclic) bond motifs is 1.